The zero-order chi connectivity index (χ0) is 20.7. The Morgan fingerprint density at radius 1 is 1.00 bits per heavy atom. The summed E-state index contributed by atoms with van der Waals surface area (Å²) in [6.45, 7) is 1.22. The van der Waals surface area contributed by atoms with Gasteiger partial charge < -0.3 is 10.1 Å². The fraction of sp³-hybridized carbons (Fsp3) is 0.211. The maximum absolute atomic E-state index is 12.2. The fourth-order valence-electron chi connectivity index (χ4n) is 2.23. The first-order valence-electron chi connectivity index (χ1n) is 8.36. The highest BCUT2D eigenvalue weighted by molar-refractivity contribution is 7.92. The van der Waals surface area contributed by atoms with Crippen molar-refractivity contribution in [1.82, 2.24) is 0 Å². The molecule has 0 atom stereocenters. The van der Waals surface area contributed by atoms with Crippen molar-refractivity contribution in [1.29, 1.82) is 0 Å². The molecule has 2 N–H and O–H groups in total. The van der Waals surface area contributed by atoms with Crippen LogP contribution in [0.2, 0.25) is 0 Å². The molecule has 8 nitrogen and oxygen atoms in total. The number of rotatable bonds is 8. The molecular formula is C19H20N2O6S. The number of ketones is 1. The fourth-order valence-corrected chi connectivity index (χ4v) is 2.81. The van der Waals surface area contributed by atoms with Crippen molar-refractivity contribution >= 4 is 39.1 Å². The topological polar surface area (TPSA) is 119 Å². The van der Waals surface area contributed by atoms with Gasteiger partial charge in [-0.2, -0.15) is 0 Å². The first-order chi connectivity index (χ1) is 13.2. The number of anilines is 2. The summed E-state index contributed by atoms with van der Waals surface area (Å²) in [6.07, 6.45) is 1.30. The van der Waals surface area contributed by atoms with E-state index in [1.165, 1.54) is 24.3 Å². The van der Waals surface area contributed by atoms with E-state index < -0.39 is 28.4 Å². The number of nitrogens with one attached hydrogen (secondary N) is 2. The third-order valence-corrected chi connectivity index (χ3v) is 4.18. The van der Waals surface area contributed by atoms with Crippen molar-refractivity contribution in [3.05, 3.63) is 59.7 Å². The average molecular weight is 404 g/mol. The van der Waals surface area contributed by atoms with Crippen LogP contribution in [-0.2, 0) is 19.6 Å². The largest absolute Gasteiger partial charge is 0.454 e. The molecule has 0 aliphatic rings. The molecule has 2 aromatic rings. The number of ether oxygens (including phenoxy) is 1. The highest BCUT2D eigenvalue weighted by Crippen LogP contribution is 2.18. The second kappa shape index (κ2) is 9.14. The Morgan fingerprint density at radius 2 is 1.64 bits per heavy atom. The van der Waals surface area contributed by atoms with E-state index in [0.717, 1.165) is 6.26 Å². The molecule has 0 bridgehead atoms. The molecule has 9 heteroatoms. The second-order valence-electron chi connectivity index (χ2n) is 5.90. The molecule has 0 heterocycles. The summed E-state index contributed by atoms with van der Waals surface area (Å²) in [5.74, 6) is -1.41. The molecule has 0 aliphatic carbocycles. The number of carbonyl (C=O) groups excluding carboxylic acids is 3. The predicted molar refractivity (Wildman–Crippen MR) is 105 cm³/mol. The molecule has 28 heavy (non-hydrogen) atoms. The molecule has 0 aromatic heterocycles. The lowest BCUT2D eigenvalue weighted by atomic mass is 10.1. The van der Waals surface area contributed by atoms with E-state index in [2.05, 4.69) is 10.0 Å². The maximum atomic E-state index is 12.2. The van der Waals surface area contributed by atoms with Gasteiger partial charge in [-0.1, -0.05) is 19.1 Å². The van der Waals surface area contributed by atoms with Gasteiger partial charge in [0.2, 0.25) is 15.9 Å². The molecule has 0 fully saturated rings. The Morgan fingerprint density at radius 3 is 2.25 bits per heavy atom. The van der Waals surface area contributed by atoms with Crippen molar-refractivity contribution in [3.63, 3.8) is 0 Å². The molecule has 0 saturated heterocycles. The number of para-hydroxylation sites is 1. The van der Waals surface area contributed by atoms with E-state index in [9.17, 15) is 22.8 Å². The molecular weight excluding hydrogens is 384 g/mol. The van der Waals surface area contributed by atoms with Crippen LogP contribution in [0, 0.1) is 0 Å². The van der Waals surface area contributed by atoms with Crippen LogP contribution in [0.25, 0.3) is 0 Å². The molecule has 0 aliphatic heterocycles. The number of benzene rings is 2. The summed E-state index contributed by atoms with van der Waals surface area (Å²) in [5.41, 5.74) is 0.933. The number of Topliss-reactive ketones (excluding diaryl/α,β-unsaturated/α-hetero) is 1. The number of esters is 1. The molecule has 2 rings (SSSR count). The first kappa shape index (κ1) is 21.1. The number of carbonyl (C=O) groups is 3. The normalized spacial score (nSPS) is 10.8. The molecule has 148 valence electrons. The summed E-state index contributed by atoms with van der Waals surface area (Å²) in [4.78, 5) is 35.8. The molecule has 0 radical (unpaired) electrons. The number of hydrogen-bond acceptors (Lipinski definition) is 6. The van der Waals surface area contributed by atoms with Crippen LogP contribution in [0.5, 0.6) is 0 Å². The van der Waals surface area contributed by atoms with Crippen molar-refractivity contribution in [2.24, 2.45) is 0 Å². The Balaban J connectivity index is 2.01. The minimum atomic E-state index is -3.58. The minimum Gasteiger partial charge on any atom is -0.454 e. The van der Waals surface area contributed by atoms with Crippen LogP contribution >= 0.6 is 0 Å². The Labute approximate surface area is 163 Å². The minimum absolute atomic E-state index is 0.00153. The van der Waals surface area contributed by atoms with Gasteiger partial charge in [-0.05, 0) is 36.4 Å². The van der Waals surface area contributed by atoms with Crippen molar-refractivity contribution in [2.45, 2.75) is 13.3 Å². The van der Waals surface area contributed by atoms with Crippen LogP contribution in [0.1, 0.15) is 34.1 Å². The van der Waals surface area contributed by atoms with Gasteiger partial charge in [0, 0.05) is 17.7 Å². The van der Waals surface area contributed by atoms with Crippen LogP contribution < -0.4 is 10.0 Å². The average Bonchev–Trinajstić information content (AvgIpc) is 2.65. The summed E-state index contributed by atoms with van der Waals surface area (Å²) < 4.78 is 30.0. The molecule has 2 aromatic carbocycles. The van der Waals surface area contributed by atoms with Gasteiger partial charge in [0.25, 0.3) is 0 Å². The summed E-state index contributed by atoms with van der Waals surface area (Å²) >= 11 is 0. The van der Waals surface area contributed by atoms with E-state index in [1.54, 1.807) is 31.2 Å². The molecule has 1 amide bonds. The van der Waals surface area contributed by atoms with Crippen molar-refractivity contribution in [3.8, 4) is 0 Å². The number of amides is 1. The Bertz CT molecular complexity index is 984. The highest BCUT2D eigenvalue weighted by Gasteiger charge is 2.17. The van der Waals surface area contributed by atoms with Gasteiger partial charge in [0.05, 0.1) is 17.5 Å². The van der Waals surface area contributed by atoms with Crippen LogP contribution in [0.3, 0.4) is 0 Å². The van der Waals surface area contributed by atoms with E-state index in [0.29, 0.717) is 17.7 Å². The smallest absolute Gasteiger partial charge is 0.340 e. The zero-order valence-corrected chi connectivity index (χ0v) is 16.2. The van der Waals surface area contributed by atoms with Crippen LogP contribution in [0.15, 0.2) is 48.5 Å². The van der Waals surface area contributed by atoms with Gasteiger partial charge in [0.15, 0.2) is 12.4 Å². The van der Waals surface area contributed by atoms with Crippen LogP contribution in [-0.4, -0.2) is 38.9 Å². The molecule has 0 spiro atoms. The van der Waals surface area contributed by atoms with E-state index in [-0.39, 0.29) is 17.2 Å². The molecule has 0 unspecified atom stereocenters. The van der Waals surface area contributed by atoms with Gasteiger partial charge in [0.1, 0.15) is 0 Å². The van der Waals surface area contributed by atoms with E-state index in [4.69, 9.17) is 4.74 Å². The predicted octanol–water partition coefficient (Wildman–Crippen LogP) is 2.45. The summed E-state index contributed by atoms with van der Waals surface area (Å²) in [5, 5.41) is 2.66. The van der Waals surface area contributed by atoms with E-state index in [1.807, 2.05) is 0 Å². The van der Waals surface area contributed by atoms with Gasteiger partial charge in [-0.3, -0.25) is 14.3 Å². The van der Waals surface area contributed by atoms with Crippen molar-refractivity contribution in [2.75, 3.05) is 22.9 Å². The van der Waals surface area contributed by atoms with Gasteiger partial charge in [-0.25, -0.2) is 13.2 Å². The quantitative estimate of drug-likeness (QED) is 0.515. The second-order valence-corrected chi connectivity index (χ2v) is 7.65. The third-order valence-electron chi connectivity index (χ3n) is 3.59. The lowest BCUT2D eigenvalue weighted by Gasteiger charge is -2.10. The summed E-state index contributed by atoms with van der Waals surface area (Å²) in [7, 11) is -3.58. The Hall–Kier alpha value is -3.20. The van der Waals surface area contributed by atoms with Gasteiger partial charge in [-0.15, -0.1) is 0 Å². The zero-order valence-electron chi connectivity index (χ0n) is 15.4. The summed E-state index contributed by atoms with van der Waals surface area (Å²) in [6, 6.07) is 12.1. The van der Waals surface area contributed by atoms with Crippen LogP contribution in [0.4, 0.5) is 11.4 Å². The Kier molecular flexibility index (Phi) is 6.89. The lowest BCUT2D eigenvalue weighted by Crippen LogP contribution is -2.17. The van der Waals surface area contributed by atoms with Gasteiger partial charge >= 0.3 is 5.97 Å². The SMILES string of the molecule is CCC(=O)Nc1ccc(C(=O)COC(=O)c2ccccc2NS(C)(=O)=O)cc1. The first-order valence-corrected chi connectivity index (χ1v) is 10.3. The van der Waals surface area contributed by atoms with E-state index >= 15 is 0 Å². The lowest BCUT2D eigenvalue weighted by molar-refractivity contribution is -0.115. The maximum Gasteiger partial charge on any atom is 0.340 e. The monoisotopic (exact) mass is 404 g/mol. The molecule has 0 saturated carbocycles. The number of hydrogen-bond donors (Lipinski definition) is 2. The number of sulfonamides is 1. The standard InChI is InChI=1S/C19H20N2O6S/c1-3-18(23)20-14-10-8-13(9-11-14)17(22)12-27-19(24)15-6-4-5-7-16(15)21-28(2,25)26/h4-11,21H,3,12H2,1-2H3,(H,20,23). The third kappa shape index (κ3) is 6.20. The highest BCUT2D eigenvalue weighted by atomic mass is 32.2. The van der Waals surface area contributed by atoms with Crippen molar-refractivity contribution < 1.29 is 27.5 Å².